The number of rotatable bonds is 3. The average molecular weight is 392 g/mol. The van der Waals surface area contributed by atoms with Gasteiger partial charge in [0.15, 0.2) is 0 Å². The van der Waals surface area contributed by atoms with Crippen LogP contribution in [0.1, 0.15) is 10.4 Å². The predicted octanol–water partition coefficient (Wildman–Crippen LogP) is 3.59. The van der Waals surface area contributed by atoms with Crippen molar-refractivity contribution in [2.45, 2.75) is 0 Å². The van der Waals surface area contributed by atoms with E-state index in [1.54, 1.807) is 6.07 Å². The first-order chi connectivity index (χ1) is 11.5. The smallest absolute Gasteiger partial charge is 0.258 e. The number of nitrogens with one attached hydrogen (secondary N) is 1. The Labute approximate surface area is 149 Å². The fourth-order valence-electron chi connectivity index (χ4n) is 2.69. The second-order valence-electron chi connectivity index (χ2n) is 5.92. The van der Waals surface area contributed by atoms with Crippen LogP contribution in [0.4, 0.5) is 15.8 Å². The third kappa shape index (κ3) is 3.94. The molecule has 1 saturated heterocycles. The van der Waals surface area contributed by atoms with Gasteiger partial charge in [-0.15, -0.1) is 0 Å². The van der Waals surface area contributed by atoms with E-state index < -0.39 is 11.7 Å². The van der Waals surface area contributed by atoms with E-state index in [9.17, 15) is 9.18 Å². The molecule has 0 atom stereocenters. The number of carbonyl (C=O) groups is 1. The molecule has 24 heavy (non-hydrogen) atoms. The van der Waals surface area contributed by atoms with E-state index >= 15 is 0 Å². The fraction of sp³-hybridized carbons (Fsp3) is 0.278. The number of likely N-dealkylation sites (N-methyl/N-ethyl adjacent to an activating group) is 1. The number of halogens is 2. The minimum Gasteiger partial charge on any atom is -0.369 e. The molecule has 126 valence electrons. The van der Waals surface area contributed by atoms with Gasteiger partial charge in [-0.05, 0) is 49.5 Å². The number of carbonyl (C=O) groups excluding carboxylic acids is 1. The fourth-order valence-corrected chi connectivity index (χ4v) is 3.03. The molecule has 0 radical (unpaired) electrons. The third-order valence-corrected chi connectivity index (χ3v) is 4.66. The quantitative estimate of drug-likeness (QED) is 0.867. The molecule has 0 saturated carbocycles. The molecule has 0 bridgehead atoms. The maximum atomic E-state index is 13.8. The summed E-state index contributed by atoms with van der Waals surface area (Å²) in [6.07, 6.45) is 0. The highest BCUT2D eigenvalue weighted by molar-refractivity contribution is 9.10. The van der Waals surface area contributed by atoms with Gasteiger partial charge in [0, 0.05) is 42.0 Å². The number of anilines is 2. The Balaban J connectivity index is 1.66. The van der Waals surface area contributed by atoms with E-state index in [2.05, 4.69) is 38.1 Å². The van der Waals surface area contributed by atoms with Gasteiger partial charge in [0.1, 0.15) is 5.82 Å². The molecule has 1 heterocycles. The van der Waals surface area contributed by atoms with Gasteiger partial charge < -0.3 is 15.1 Å². The summed E-state index contributed by atoms with van der Waals surface area (Å²) in [4.78, 5) is 16.8. The summed E-state index contributed by atoms with van der Waals surface area (Å²) in [7, 11) is 2.12. The lowest BCUT2D eigenvalue weighted by atomic mass is 10.2. The van der Waals surface area contributed by atoms with Gasteiger partial charge in [0.05, 0.1) is 5.56 Å². The topological polar surface area (TPSA) is 35.6 Å². The zero-order valence-electron chi connectivity index (χ0n) is 13.4. The number of benzene rings is 2. The van der Waals surface area contributed by atoms with Crippen molar-refractivity contribution in [2.24, 2.45) is 0 Å². The molecule has 6 heteroatoms. The van der Waals surface area contributed by atoms with Gasteiger partial charge >= 0.3 is 0 Å². The van der Waals surface area contributed by atoms with E-state index in [1.807, 2.05) is 24.3 Å². The van der Waals surface area contributed by atoms with E-state index in [4.69, 9.17) is 0 Å². The predicted molar refractivity (Wildman–Crippen MR) is 98.2 cm³/mol. The number of amides is 1. The molecule has 0 unspecified atom stereocenters. The number of nitrogens with zero attached hydrogens (tertiary/aromatic N) is 2. The lowest BCUT2D eigenvalue weighted by Crippen LogP contribution is -2.44. The molecule has 2 aromatic carbocycles. The molecule has 4 nitrogen and oxygen atoms in total. The maximum absolute atomic E-state index is 13.8. The van der Waals surface area contributed by atoms with Crippen molar-refractivity contribution in [2.75, 3.05) is 43.4 Å². The minimum absolute atomic E-state index is 0.0290. The van der Waals surface area contributed by atoms with E-state index in [1.165, 1.54) is 12.1 Å². The Morgan fingerprint density at radius 1 is 1.08 bits per heavy atom. The van der Waals surface area contributed by atoms with E-state index in [0.29, 0.717) is 10.2 Å². The van der Waals surface area contributed by atoms with Crippen LogP contribution in [0.3, 0.4) is 0 Å². The summed E-state index contributed by atoms with van der Waals surface area (Å²) < 4.78 is 14.4. The van der Waals surface area contributed by atoms with Crippen LogP contribution in [0.15, 0.2) is 46.9 Å². The van der Waals surface area contributed by atoms with Gasteiger partial charge in [-0.3, -0.25) is 4.79 Å². The van der Waals surface area contributed by atoms with Crippen LogP contribution in [-0.2, 0) is 0 Å². The van der Waals surface area contributed by atoms with Crippen LogP contribution in [0.5, 0.6) is 0 Å². The first-order valence-electron chi connectivity index (χ1n) is 7.83. The highest BCUT2D eigenvalue weighted by Crippen LogP contribution is 2.21. The number of piperazine rings is 1. The number of hydrogen-bond acceptors (Lipinski definition) is 3. The van der Waals surface area contributed by atoms with Crippen LogP contribution in [-0.4, -0.2) is 44.0 Å². The molecule has 1 aliphatic rings. The zero-order valence-corrected chi connectivity index (χ0v) is 15.0. The second-order valence-corrected chi connectivity index (χ2v) is 6.83. The first-order valence-corrected chi connectivity index (χ1v) is 8.62. The van der Waals surface area contributed by atoms with Crippen LogP contribution < -0.4 is 10.2 Å². The molecule has 0 spiro atoms. The zero-order chi connectivity index (χ0) is 17.1. The molecule has 1 aliphatic heterocycles. The van der Waals surface area contributed by atoms with Crippen molar-refractivity contribution in [3.63, 3.8) is 0 Å². The standard InChI is InChI=1S/C18H19BrFN3O/c1-22-8-10-23(11-9-22)15-5-3-14(4-6-15)21-18(24)16-7-2-13(19)12-17(16)20/h2-7,12H,8-11H2,1H3,(H,21,24). The summed E-state index contributed by atoms with van der Waals surface area (Å²) in [6.45, 7) is 4.07. The van der Waals surface area contributed by atoms with Gasteiger partial charge in [-0.2, -0.15) is 0 Å². The summed E-state index contributed by atoms with van der Waals surface area (Å²) in [5.41, 5.74) is 1.82. The normalized spacial score (nSPS) is 15.4. The van der Waals surface area contributed by atoms with Gasteiger partial charge in [0.25, 0.3) is 5.91 Å². The lowest BCUT2D eigenvalue weighted by molar-refractivity contribution is 0.102. The Morgan fingerprint density at radius 2 is 1.75 bits per heavy atom. The molecular weight excluding hydrogens is 373 g/mol. The van der Waals surface area contributed by atoms with Gasteiger partial charge in [-0.25, -0.2) is 4.39 Å². The SMILES string of the molecule is CN1CCN(c2ccc(NC(=O)c3ccc(Br)cc3F)cc2)CC1. The molecule has 1 fully saturated rings. The molecule has 1 N–H and O–H groups in total. The van der Waals surface area contributed by atoms with E-state index in [-0.39, 0.29) is 5.56 Å². The molecule has 3 rings (SSSR count). The largest absolute Gasteiger partial charge is 0.369 e. The summed E-state index contributed by atoms with van der Waals surface area (Å²) in [5.74, 6) is -0.997. The van der Waals surface area contributed by atoms with Crippen molar-refractivity contribution >= 4 is 33.2 Å². The van der Waals surface area contributed by atoms with Crippen molar-refractivity contribution in [3.8, 4) is 0 Å². The second kappa shape index (κ2) is 7.32. The Morgan fingerprint density at radius 3 is 2.38 bits per heavy atom. The summed E-state index contributed by atoms with van der Waals surface area (Å²) in [5, 5.41) is 2.73. The highest BCUT2D eigenvalue weighted by atomic mass is 79.9. The van der Waals surface area contributed by atoms with Crippen molar-refractivity contribution in [3.05, 3.63) is 58.3 Å². The first kappa shape index (κ1) is 16.9. The van der Waals surface area contributed by atoms with Crippen molar-refractivity contribution < 1.29 is 9.18 Å². The van der Waals surface area contributed by atoms with Crippen molar-refractivity contribution in [1.29, 1.82) is 0 Å². The van der Waals surface area contributed by atoms with E-state index in [0.717, 1.165) is 31.9 Å². The van der Waals surface area contributed by atoms with Crippen LogP contribution in [0, 0.1) is 5.82 Å². The molecular formula is C18H19BrFN3O. The van der Waals surface area contributed by atoms with Gasteiger partial charge in [-0.1, -0.05) is 15.9 Å². The Hall–Kier alpha value is -1.92. The molecule has 1 amide bonds. The molecule has 0 aromatic heterocycles. The summed E-state index contributed by atoms with van der Waals surface area (Å²) >= 11 is 3.18. The monoisotopic (exact) mass is 391 g/mol. The minimum atomic E-state index is -0.545. The number of hydrogen-bond donors (Lipinski definition) is 1. The van der Waals surface area contributed by atoms with Crippen LogP contribution >= 0.6 is 15.9 Å². The van der Waals surface area contributed by atoms with Crippen LogP contribution in [0.2, 0.25) is 0 Å². The van der Waals surface area contributed by atoms with Crippen LogP contribution in [0.25, 0.3) is 0 Å². The Kier molecular flexibility index (Phi) is 5.16. The summed E-state index contributed by atoms with van der Waals surface area (Å²) in [6, 6.07) is 12.1. The average Bonchev–Trinajstić information content (AvgIpc) is 2.56. The molecule has 0 aliphatic carbocycles. The van der Waals surface area contributed by atoms with Crippen molar-refractivity contribution in [1.82, 2.24) is 4.90 Å². The lowest BCUT2D eigenvalue weighted by Gasteiger charge is -2.34. The third-order valence-electron chi connectivity index (χ3n) is 4.17. The maximum Gasteiger partial charge on any atom is 0.258 e. The highest BCUT2D eigenvalue weighted by Gasteiger charge is 2.15. The Bertz CT molecular complexity index is 728. The van der Waals surface area contributed by atoms with Gasteiger partial charge in [0.2, 0.25) is 0 Å². The molecule has 2 aromatic rings.